The summed E-state index contributed by atoms with van der Waals surface area (Å²) < 4.78 is 2.20. The minimum Gasteiger partial charge on any atom is -0.326 e. The first kappa shape index (κ1) is 11.7. The van der Waals surface area contributed by atoms with Crippen molar-refractivity contribution < 1.29 is 0 Å². The lowest BCUT2D eigenvalue weighted by molar-refractivity contribution is 0.367. The van der Waals surface area contributed by atoms with Crippen LogP contribution in [0.15, 0.2) is 24.5 Å². The van der Waals surface area contributed by atoms with E-state index in [2.05, 4.69) is 33.0 Å². The van der Waals surface area contributed by atoms with Crippen LogP contribution in [-0.4, -0.2) is 22.5 Å². The second-order valence-electron chi connectivity index (χ2n) is 5.11. The van der Waals surface area contributed by atoms with Gasteiger partial charge in [0.1, 0.15) is 5.82 Å². The van der Waals surface area contributed by atoms with E-state index in [1.54, 1.807) is 0 Å². The van der Waals surface area contributed by atoms with Crippen LogP contribution in [0.2, 0.25) is 0 Å². The minimum absolute atomic E-state index is 0.584. The van der Waals surface area contributed by atoms with Gasteiger partial charge in [-0.05, 0) is 43.5 Å². The van der Waals surface area contributed by atoms with Crippen LogP contribution in [-0.2, 0) is 13.0 Å². The van der Waals surface area contributed by atoms with Crippen molar-refractivity contribution >= 4 is 5.52 Å². The molecule has 2 aromatic rings. The lowest BCUT2D eigenvalue weighted by atomic mass is 9.94. The highest BCUT2D eigenvalue weighted by molar-refractivity contribution is 5.47. The summed E-state index contributed by atoms with van der Waals surface area (Å²) in [5.74, 6) is 1.94. The molecule has 0 unspecified atom stereocenters. The van der Waals surface area contributed by atoms with Crippen molar-refractivity contribution in [2.24, 2.45) is 11.7 Å². The van der Waals surface area contributed by atoms with Gasteiger partial charge in [-0.25, -0.2) is 4.98 Å². The largest absolute Gasteiger partial charge is 0.326 e. The third kappa shape index (κ3) is 2.26. The van der Waals surface area contributed by atoms with Gasteiger partial charge in [0.15, 0.2) is 0 Å². The zero-order valence-electron chi connectivity index (χ0n) is 10.6. The topological polar surface area (TPSA) is 55.3 Å². The molecule has 4 nitrogen and oxygen atoms in total. The number of piperidine rings is 1. The van der Waals surface area contributed by atoms with Crippen molar-refractivity contribution in [2.75, 3.05) is 13.1 Å². The smallest absolute Gasteiger partial charge is 0.113 e. The first-order chi connectivity index (χ1) is 8.86. The first-order valence-corrected chi connectivity index (χ1v) is 6.72. The van der Waals surface area contributed by atoms with E-state index in [0.717, 1.165) is 36.5 Å². The molecule has 0 saturated carbocycles. The second-order valence-corrected chi connectivity index (χ2v) is 5.11. The number of rotatable bonds is 3. The van der Waals surface area contributed by atoms with Crippen molar-refractivity contribution in [2.45, 2.75) is 25.8 Å². The average molecular weight is 244 g/mol. The lowest BCUT2D eigenvalue weighted by Crippen LogP contribution is -2.29. The third-order valence-corrected chi connectivity index (χ3v) is 3.83. The van der Waals surface area contributed by atoms with Gasteiger partial charge in [-0.15, -0.1) is 0 Å². The predicted molar refractivity (Wildman–Crippen MR) is 72.4 cm³/mol. The molecule has 3 rings (SSSR count). The number of hydrogen-bond acceptors (Lipinski definition) is 3. The van der Waals surface area contributed by atoms with Gasteiger partial charge in [-0.2, -0.15) is 0 Å². The molecule has 3 heterocycles. The predicted octanol–water partition coefficient (Wildman–Crippen LogP) is 1.34. The second kappa shape index (κ2) is 5.08. The Balaban J connectivity index is 1.86. The van der Waals surface area contributed by atoms with Gasteiger partial charge >= 0.3 is 0 Å². The fourth-order valence-corrected chi connectivity index (χ4v) is 2.70. The van der Waals surface area contributed by atoms with E-state index in [1.807, 2.05) is 6.20 Å². The Morgan fingerprint density at radius 1 is 1.33 bits per heavy atom. The number of nitrogens with two attached hydrogens (primary N) is 1. The van der Waals surface area contributed by atoms with E-state index in [0.29, 0.717) is 6.54 Å². The first-order valence-electron chi connectivity index (χ1n) is 6.72. The highest BCUT2D eigenvalue weighted by Gasteiger charge is 2.16. The van der Waals surface area contributed by atoms with Crippen LogP contribution >= 0.6 is 0 Å². The summed E-state index contributed by atoms with van der Waals surface area (Å²) in [4.78, 5) is 4.57. The molecule has 96 valence electrons. The number of hydrogen-bond donors (Lipinski definition) is 2. The number of aromatic nitrogens is 2. The zero-order chi connectivity index (χ0) is 12.4. The Morgan fingerprint density at radius 2 is 2.17 bits per heavy atom. The molecule has 0 bridgehead atoms. The molecule has 1 saturated heterocycles. The van der Waals surface area contributed by atoms with Crippen molar-refractivity contribution in [3.63, 3.8) is 0 Å². The molecule has 18 heavy (non-hydrogen) atoms. The fourth-order valence-electron chi connectivity index (χ4n) is 2.70. The molecule has 0 radical (unpaired) electrons. The van der Waals surface area contributed by atoms with Crippen LogP contribution in [0.5, 0.6) is 0 Å². The Kier molecular flexibility index (Phi) is 3.30. The Bertz CT molecular complexity index is 526. The zero-order valence-corrected chi connectivity index (χ0v) is 10.6. The number of fused-ring (bicyclic) bond motifs is 1. The standard InChI is InChI=1S/C14H20N4/c15-8-12-1-2-13-9-17-14(18(13)10-12)7-11-3-5-16-6-4-11/h1-2,9-11,16H,3-8,15H2. The number of imidazole rings is 1. The molecule has 1 aliphatic rings. The van der Waals surface area contributed by atoms with E-state index >= 15 is 0 Å². The van der Waals surface area contributed by atoms with Gasteiger partial charge in [-0.1, -0.05) is 6.07 Å². The molecular weight excluding hydrogens is 224 g/mol. The quantitative estimate of drug-likeness (QED) is 0.856. The lowest BCUT2D eigenvalue weighted by Gasteiger charge is -2.21. The van der Waals surface area contributed by atoms with E-state index in [-0.39, 0.29) is 0 Å². The van der Waals surface area contributed by atoms with Crippen LogP contribution in [0.1, 0.15) is 24.2 Å². The van der Waals surface area contributed by atoms with Crippen molar-refractivity contribution in [1.29, 1.82) is 0 Å². The van der Waals surface area contributed by atoms with E-state index in [1.165, 1.54) is 18.7 Å². The molecular formula is C14H20N4. The molecule has 0 aliphatic carbocycles. The van der Waals surface area contributed by atoms with E-state index < -0.39 is 0 Å². The molecule has 3 N–H and O–H groups in total. The summed E-state index contributed by atoms with van der Waals surface area (Å²) in [7, 11) is 0. The van der Waals surface area contributed by atoms with Gasteiger partial charge in [0, 0.05) is 19.2 Å². The summed E-state index contributed by atoms with van der Waals surface area (Å²) >= 11 is 0. The van der Waals surface area contributed by atoms with Crippen LogP contribution < -0.4 is 11.1 Å². The number of nitrogens with zero attached hydrogens (tertiary/aromatic N) is 2. The van der Waals surface area contributed by atoms with Gasteiger partial charge in [0.2, 0.25) is 0 Å². The van der Waals surface area contributed by atoms with Gasteiger partial charge in [0.25, 0.3) is 0 Å². The molecule has 4 heteroatoms. The van der Waals surface area contributed by atoms with Crippen molar-refractivity contribution in [1.82, 2.24) is 14.7 Å². The number of pyridine rings is 1. The van der Waals surface area contributed by atoms with Crippen LogP contribution in [0.25, 0.3) is 5.52 Å². The van der Waals surface area contributed by atoms with Crippen molar-refractivity contribution in [3.05, 3.63) is 35.9 Å². The molecule has 1 fully saturated rings. The monoisotopic (exact) mass is 244 g/mol. The molecule has 0 atom stereocenters. The van der Waals surface area contributed by atoms with Gasteiger partial charge in [0.05, 0.1) is 11.7 Å². The summed E-state index contributed by atoms with van der Waals surface area (Å²) in [5, 5.41) is 3.41. The molecule has 1 aliphatic heterocycles. The minimum atomic E-state index is 0.584. The summed E-state index contributed by atoms with van der Waals surface area (Å²) in [5.41, 5.74) is 8.02. The Morgan fingerprint density at radius 3 is 2.94 bits per heavy atom. The Hall–Kier alpha value is -1.39. The molecule has 0 amide bonds. The van der Waals surface area contributed by atoms with Crippen molar-refractivity contribution in [3.8, 4) is 0 Å². The fraction of sp³-hybridized carbons (Fsp3) is 0.500. The summed E-state index contributed by atoms with van der Waals surface area (Å²) in [6.07, 6.45) is 7.66. The van der Waals surface area contributed by atoms with E-state index in [9.17, 15) is 0 Å². The molecule has 0 aromatic carbocycles. The van der Waals surface area contributed by atoms with Crippen LogP contribution in [0, 0.1) is 5.92 Å². The van der Waals surface area contributed by atoms with Gasteiger partial charge in [-0.3, -0.25) is 0 Å². The maximum atomic E-state index is 5.70. The van der Waals surface area contributed by atoms with Crippen LogP contribution in [0.3, 0.4) is 0 Å². The van der Waals surface area contributed by atoms with Gasteiger partial charge < -0.3 is 15.5 Å². The maximum Gasteiger partial charge on any atom is 0.113 e. The van der Waals surface area contributed by atoms with Crippen LogP contribution in [0.4, 0.5) is 0 Å². The third-order valence-electron chi connectivity index (χ3n) is 3.83. The summed E-state index contributed by atoms with van der Waals surface area (Å²) in [6, 6.07) is 4.17. The highest BCUT2D eigenvalue weighted by Crippen LogP contribution is 2.18. The maximum absolute atomic E-state index is 5.70. The molecule has 0 spiro atoms. The molecule has 2 aromatic heterocycles. The highest BCUT2D eigenvalue weighted by atomic mass is 15.0. The SMILES string of the molecule is NCc1ccc2cnc(CC3CCNCC3)n2c1. The number of nitrogens with one attached hydrogen (secondary N) is 1. The Labute approximate surface area is 107 Å². The normalized spacial score (nSPS) is 17.4. The average Bonchev–Trinajstić information content (AvgIpc) is 2.82. The summed E-state index contributed by atoms with van der Waals surface area (Å²) in [6.45, 7) is 2.87. The van der Waals surface area contributed by atoms with E-state index in [4.69, 9.17) is 5.73 Å².